The average molecular weight is 601 g/mol. The lowest BCUT2D eigenvalue weighted by Gasteiger charge is -2.14. The lowest BCUT2D eigenvalue weighted by molar-refractivity contribution is -0.141. The highest BCUT2D eigenvalue weighted by atomic mass is 16.5. The van der Waals surface area contributed by atoms with Crippen LogP contribution < -0.4 is 0 Å². The van der Waals surface area contributed by atoms with E-state index in [2.05, 4.69) is 37.9 Å². The van der Waals surface area contributed by atoms with E-state index in [0.29, 0.717) is 16.7 Å². The summed E-state index contributed by atoms with van der Waals surface area (Å²) in [5.74, 6) is -1.31. The molecule has 0 aromatic heterocycles. The van der Waals surface area contributed by atoms with E-state index in [1.165, 1.54) is 0 Å². The van der Waals surface area contributed by atoms with Crippen LogP contribution in [0.2, 0.25) is 0 Å². The molecule has 4 rings (SSSR count). The van der Waals surface area contributed by atoms with Crippen LogP contribution in [-0.4, -0.2) is 17.9 Å². The highest BCUT2D eigenvalue weighted by molar-refractivity contribution is 5.88. The lowest BCUT2D eigenvalue weighted by Crippen LogP contribution is -2.05. The second-order valence-electron chi connectivity index (χ2n) is 11.0. The van der Waals surface area contributed by atoms with Gasteiger partial charge in [0.2, 0.25) is 0 Å². The fraction of sp³-hybridized carbons (Fsp3) is 0.154. The average Bonchev–Trinajstić information content (AvgIpc) is 3.04. The van der Waals surface area contributed by atoms with Crippen LogP contribution in [0.3, 0.4) is 0 Å². The molecule has 0 N–H and O–H groups in total. The van der Waals surface area contributed by atoms with Crippen LogP contribution in [0.5, 0.6) is 0 Å². The van der Waals surface area contributed by atoms with Crippen molar-refractivity contribution < 1.29 is 28.6 Å². The number of hydrogen-bond acceptors (Lipinski definition) is 6. The second-order valence-corrected chi connectivity index (χ2v) is 11.0. The molecule has 6 nitrogen and oxygen atoms in total. The number of rotatable bonds is 12. The number of carbonyl (C=O) groups is 3. The summed E-state index contributed by atoms with van der Waals surface area (Å²) in [6.45, 7) is 16.2. The monoisotopic (exact) mass is 600 g/mol. The molecule has 6 heteroatoms. The van der Waals surface area contributed by atoms with Gasteiger partial charge in [-0.1, -0.05) is 74.3 Å². The van der Waals surface area contributed by atoms with Crippen LogP contribution in [0.15, 0.2) is 127 Å². The molecular weight excluding hydrogens is 564 g/mol. The van der Waals surface area contributed by atoms with Crippen LogP contribution >= 0.6 is 0 Å². The summed E-state index contributed by atoms with van der Waals surface area (Å²) >= 11 is 0. The fourth-order valence-corrected chi connectivity index (χ4v) is 4.47. The van der Waals surface area contributed by atoms with Crippen molar-refractivity contribution in [1.29, 1.82) is 0 Å². The molecule has 0 aliphatic rings. The minimum absolute atomic E-state index is 0.127. The van der Waals surface area contributed by atoms with Crippen molar-refractivity contribution in [3.8, 4) is 33.4 Å². The first-order valence-electron chi connectivity index (χ1n) is 14.4. The molecule has 4 aromatic rings. The van der Waals surface area contributed by atoms with E-state index in [9.17, 15) is 14.4 Å². The van der Waals surface area contributed by atoms with Crippen LogP contribution in [0, 0.1) is 0 Å². The zero-order valence-electron chi connectivity index (χ0n) is 25.9. The van der Waals surface area contributed by atoms with Gasteiger partial charge in [0.15, 0.2) is 0 Å². The molecule has 0 unspecified atom stereocenters. The zero-order valence-corrected chi connectivity index (χ0v) is 25.9. The zero-order chi connectivity index (χ0) is 32.5. The van der Waals surface area contributed by atoms with Crippen molar-refractivity contribution in [2.45, 2.75) is 40.6 Å². The molecule has 0 radical (unpaired) electrons. The molecular formula is C39H36O6. The van der Waals surface area contributed by atoms with Gasteiger partial charge in [-0.25, -0.2) is 14.4 Å². The normalized spacial score (nSPS) is 10.5. The number of benzene rings is 4. The SMILES string of the molecule is C=C(C)C(=O)OCc1cccc(-c2cc(-c3cccc(COC(=O)C(=C)C)c3)cc(-c3cccc(COC(=O)C(=C)C)c3)c2)c1. The summed E-state index contributed by atoms with van der Waals surface area (Å²) < 4.78 is 16.1. The van der Waals surface area contributed by atoms with Crippen molar-refractivity contribution in [3.05, 3.63) is 144 Å². The van der Waals surface area contributed by atoms with E-state index in [0.717, 1.165) is 50.1 Å². The van der Waals surface area contributed by atoms with Gasteiger partial charge in [-0.15, -0.1) is 0 Å². The molecule has 0 heterocycles. The maximum absolute atomic E-state index is 12.0. The highest BCUT2D eigenvalue weighted by Gasteiger charge is 2.12. The molecule has 0 bridgehead atoms. The molecule has 0 aliphatic heterocycles. The van der Waals surface area contributed by atoms with Crippen molar-refractivity contribution in [2.24, 2.45) is 0 Å². The van der Waals surface area contributed by atoms with Crippen LogP contribution in [0.4, 0.5) is 0 Å². The van der Waals surface area contributed by atoms with Crippen molar-refractivity contribution in [2.75, 3.05) is 0 Å². The van der Waals surface area contributed by atoms with Gasteiger partial charge in [0.25, 0.3) is 0 Å². The minimum atomic E-state index is -0.438. The van der Waals surface area contributed by atoms with Crippen LogP contribution in [0.25, 0.3) is 33.4 Å². The largest absolute Gasteiger partial charge is 0.457 e. The molecule has 0 amide bonds. The summed E-state index contributed by atoms with van der Waals surface area (Å²) in [5.41, 5.74) is 9.26. The second kappa shape index (κ2) is 14.8. The number of ether oxygens (including phenoxy) is 3. The Hall–Kier alpha value is -5.49. The van der Waals surface area contributed by atoms with Gasteiger partial charge in [-0.3, -0.25) is 0 Å². The Bertz CT molecular complexity index is 1570. The van der Waals surface area contributed by atoms with Gasteiger partial charge in [0, 0.05) is 16.7 Å². The maximum atomic E-state index is 12.0. The van der Waals surface area contributed by atoms with E-state index < -0.39 is 17.9 Å². The fourth-order valence-electron chi connectivity index (χ4n) is 4.47. The molecule has 0 aliphatic carbocycles. The minimum Gasteiger partial charge on any atom is -0.457 e. The first-order chi connectivity index (χ1) is 21.5. The number of esters is 3. The van der Waals surface area contributed by atoms with Gasteiger partial charge in [-0.2, -0.15) is 0 Å². The summed E-state index contributed by atoms with van der Waals surface area (Å²) in [7, 11) is 0. The maximum Gasteiger partial charge on any atom is 0.333 e. The standard InChI is InChI=1S/C39H36O6/c1-25(2)37(40)43-22-28-10-7-13-31(16-28)34-19-35(32-14-8-11-29(17-32)23-44-38(41)26(3)4)21-36(20-34)33-15-9-12-30(18-33)24-45-39(42)27(5)6/h7-21H,1,3,5,22-24H2,2,4,6H3. The van der Waals surface area contributed by atoms with Gasteiger partial charge in [-0.05, 0) is 107 Å². The van der Waals surface area contributed by atoms with Crippen LogP contribution in [0.1, 0.15) is 37.5 Å². The summed E-state index contributed by atoms with van der Waals surface area (Å²) in [6, 6.07) is 29.8. The predicted octanol–water partition coefficient (Wildman–Crippen LogP) is 8.55. The van der Waals surface area contributed by atoms with Crippen molar-refractivity contribution in [3.63, 3.8) is 0 Å². The van der Waals surface area contributed by atoms with E-state index >= 15 is 0 Å². The highest BCUT2D eigenvalue weighted by Crippen LogP contribution is 2.34. The third kappa shape index (κ3) is 9.00. The molecule has 0 saturated carbocycles. The first kappa shape index (κ1) is 32.4. The molecule has 0 spiro atoms. The molecule has 0 saturated heterocycles. The Morgan fingerprint density at radius 1 is 0.444 bits per heavy atom. The van der Waals surface area contributed by atoms with Crippen molar-refractivity contribution >= 4 is 17.9 Å². The molecule has 45 heavy (non-hydrogen) atoms. The smallest absolute Gasteiger partial charge is 0.333 e. The molecule has 4 aromatic carbocycles. The van der Waals surface area contributed by atoms with E-state index in [1.54, 1.807) is 20.8 Å². The van der Waals surface area contributed by atoms with Crippen LogP contribution in [-0.2, 0) is 48.4 Å². The summed E-state index contributed by atoms with van der Waals surface area (Å²) in [5, 5.41) is 0. The van der Waals surface area contributed by atoms with E-state index in [4.69, 9.17) is 14.2 Å². The Labute approximate surface area is 264 Å². The third-order valence-corrected chi connectivity index (χ3v) is 6.87. The predicted molar refractivity (Wildman–Crippen MR) is 177 cm³/mol. The Morgan fingerprint density at radius 2 is 0.711 bits per heavy atom. The summed E-state index contributed by atoms with van der Waals surface area (Å²) in [6.07, 6.45) is 0. The Kier molecular flexibility index (Phi) is 10.7. The van der Waals surface area contributed by atoms with E-state index in [-0.39, 0.29) is 19.8 Å². The molecule has 228 valence electrons. The quantitative estimate of drug-likeness (QED) is 0.0921. The lowest BCUT2D eigenvalue weighted by atomic mass is 9.92. The first-order valence-corrected chi connectivity index (χ1v) is 14.4. The van der Waals surface area contributed by atoms with Crippen molar-refractivity contribution in [1.82, 2.24) is 0 Å². The van der Waals surface area contributed by atoms with E-state index in [1.807, 2.05) is 72.8 Å². The molecule has 0 fully saturated rings. The summed E-state index contributed by atoms with van der Waals surface area (Å²) in [4.78, 5) is 35.9. The van der Waals surface area contributed by atoms with Gasteiger partial charge < -0.3 is 14.2 Å². The third-order valence-electron chi connectivity index (χ3n) is 6.87. The van der Waals surface area contributed by atoms with Gasteiger partial charge in [0.05, 0.1) is 0 Å². The Morgan fingerprint density at radius 3 is 0.956 bits per heavy atom. The molecule has 0 atom stereocenters. The van der Waals surface area contributed by atoms with Gasteiger partial charge >= 0.3 is 17.9 Å². The Balaban J connectivity index is 1.74. The number of carbonyl (C=O) groups excluding carboxylic acids is 3. The van der Waals surface area contributed by atoms with Gasteiger partial charge in [0.1, 0.15) is 19.8 Å². The topological polar surface area (TPSA) is 78.9 Å². The number of hydrogen-bond donors (Lipinski definition) is 0.